The van der Waals surface area contributed by atoms with Crippen molar-refractivity contribution in [1.29, 1.82) is 0 Å². The zero-order chi connectivity index (χ0) is 15.1. The van der Waals surface area contributed by atoms with Crippen molar-refractivity contribution in [3.63, 3.8) is 0 Å². The number of aliphatic hydroxyl groups excluding tert-OH is 1. The summed E-state index contributed by atoms with van der Waals surface area (Å²) in [5.41, 5.74) is 3.27. The second-order valence-corrected chi connectivity index (χ2v) is 5.87. The van der Waals surface area contributed by atoms with E-state index in [-0.39, 0.29) is 0 Å². The van der Waals surface area contributed by atoms with Crippen LogP contribution in [0.2, 0.25) is 0 Å². The molecule has 3 nitrogen and oxygen atoms in total. The van der Waals surface area contributed by atoms with Gasteiger partial charge in [0.15, 0.2) is 0 Å². The van der Waals surface area contributed by atoms with Crippen LogP contribution in [0.4, 0.5) is 5.69 Å². The standard InChI is InChI=1S/C17H20BrNO2/c1-13-7-8-16(18)17(9-13)19-10-15(20)12-21-11-14-5-3-2-4-6-14/h2-9,15,19-20H,10-12H2,1H3. The van der Waals surface area contributed by atoms with Crippen molar-refractivity contribution in [2.24, 2.45) is 0 Å². The number of hydrogen-bond donors (Lipinski definition) is 2. The fraction of sp³-hybridized carbons (Fsp3) is 0.294. The van der Waals surface area contributed by atoms with E-state index in [4.69, 9.17) is 4.74 Å². The van der Waals surface area contributed by atoms with Crippen molar-refractivity contribution >= 4 is 21.6 Å². The minimum Gasteiger partial charge on any atom is -0.389 e. The van der Waals surface area contributed by atoms with Crippen molar-refractivity contribution in [1.82, 2.24) is 0 Å². The van der Waals surface area contributed by atoms with Crippen molar-refractivity contribution in [3.05, 3.63) is 64.1 Å². The Labute approximate surface area is 134 Å². The molecule has 0 amide bonds. The normalized spacial score (nSPS) is 12.1. The van der Waals surface area contributed by atoms with Gasteiger partial charge >= 0.3 is 0 Å². The van der Waals surface area contributed by atoms with E-state index in [0.29, 0.717) is 19.8 Å². The van der Waals surface area contributed by atoms with Gasteiger partial charge in [-0.3, -0.25) is 0 Å². The smallest absolute Gasteiger partial charge is 0.0945 e. The summed E-state index contributed by atoms with van der Waals surface area (Å²) in [4.78, 5) is 0. The van der Waals surface area contributed by atoms with Gasteiger partial charge in [0.25, 0.3) is 0 Å². The summed E-state index contributed by atoms with van der Waals surface area (Å²) in [7, 11) is 0. The lowest BCUT2D eigenvalue weighted by Gasteiger charge is -2.14. The van der Waals surface area contributed by atoms with Crippen molar-refractivity contribution < 1.29 is 9.84 Å². The van der Waals surface area contributed by atoms with E-state index >= 15 is 0 Å². The minimum atomic E-state index is -0.541. The highest BCUT2D eigenvalue weighted by Gasteiger charge is 2.06. The molecule has 0 bridgehead atoms. The molecule has 0 saturated carbocycles. The first-order valence-corrected chi connectivity index (χ1v) is 7.74. The summed E-state index contributed by atoms with van der Waals surface area (Å²) in [6, 6.07) is 16.0. The van der Waals surface area contributed by atoms with Crippen LogP contribution in [-0.4, -0.2) is 24.4 Å². The van der Waals surface area contributed by atoms with Crippen LogP contribution < -0.4 is 5.32 Å². The molecule has 0 radical (unpaired) electrons. The third kappa shape index (κ3) is 5.50. The summed E-state index contributed by atoms with van der Waals surface area (Å²) in [5.74, 6) is 0. The van der Waals surface area contributed by atoms with E-state index in [1.54, 1.807) is 0 Å². The summed E-state index contributed by atoms with van der Waals surface area (Å²) in [6.07, 6.45) is -0.541. The molecule has 0 aliphatic carbocycles. The first kappa shape index (κ1) is 16.0. The average molecular weight is 350 g/mol. The molecule has 0 aliphatic heterocycles. The predicted molar refractivity (Wildman–Crippen MR) is 89.5 cm³/mol. The van der Waals surface area contributed by atoms with Crippen LogP contribution in [0.3, 0.4) is 0 Å². The van der Waals surface area contributed by atoms with E-state index < -0.39 is 6.10 Å². The third-order valence-electron chi connectivity index (χ3n) is 3.07. The lowest BCUT2D eigenvalue weighted by atomic mass is 10.2. The van der Waals surface area contributed by atoms with E-state index in [1.807, 2.05) is 55.5 Å². The molecule has 0 aromatic heterocycles. The maximum Gasteiger partial charge on any atom is 0.0945 e. The van der Waals surface area contributed by atoms with Gasteiger partial charge in [0, 0.05) is 16.7 Å². The molecule has 21 heavy (non-hydrogen) atoms. The number of ether oxygens (including phenoxy) is 1. The van der Waals surface area contributed by atoms with Crippen LogP contribution in [0.25, 0.3) is 0 Å². The Morgan fingerprint density at radius 1 is 1.19 bits per heavy atom. The molecule has 2 N–H and O–H groups in total. The third-order valence-corrected chi connectivity index (χ3v) is 3.76. The van der Waals surface area contributed by atoms with Gasteiger partial charge in [-0.1, -0.05) is 36.4 Å². The van der Waals surface area contributed by atoms with E-state index in [0.717, 1.165) is 15.7 Å². The Kier molecular flexibility index (Phi) is 6.23. The van der Waals surface area contributed by atoms with Gasteiger partial charge in [-0.05, 0) is 46.1 Å². The average Bonchev–Trinajstić information content (AvgIpc) is 2.49. The van der Waals surface area contributed by atoms with Gasteiger partial charge in [-0.25, -0.2) is 0 Å². The fourth-order valence-electron chi connectivity index (χ4n) is 1.95. The SMILES string of the molecule is Cc1ccc(Br)c(NCC(O)COCc2ccccc2)c1. The lowest BCUT2D eigenvalue weighted by molar-refractivity contribution is 0.0348. The van der Waals surface area contributed by atoms with Gasteiger partial charge < -0.3 is 15.2 Å². The molecule has 2 aromatic carbocycles. The van der Waals surface area contributed by atoms with Crippen LogP contribution in [0.5, 0.6) is 0 Å². The zero-order valence-corrected chi connectivity index (χ0v) is 13.6. The van der Waals surface area contributed by atoms with Gasteiger partial charge in [0.2, 0.25) is 0 Å². The van der Waals surface area contributed by atoms with Crippen LogP contribution in [0, 0.1) is 6.92 Å². The van der Waals surface area contributed by atoms with Gasteiger partial charge in [0.1, 0.15) is 0 Å². The van der Waals surface area contributed by atoms with Gasteiger partial charge in [0.05, 0.1) is 19.3 Å². The van der Waals surface area contributed by atoms with E-state index in [2.05, 4.69) is 21.2 Å². The minimum absolute atomic E-state index is 0.311. The highest BCUT2D eigenvalue weighted by molar-refractivity contribution is 9.10. The second kappa shape index (κ2) is 8.17. The van der Waals surface area contributed by atoms with E-state index in [1.165, 1.54) is 5.56 Å². The Bertz CT molecular complexity index is 560. The highest BCUT2D eigenvalue weighted by Crippen LogP contribution is 2.23. The summed E-state index contributed by atoms with van der Waals surface area (Å²) in [6.45, 7) is 3.32. The summed E-state index contributed by atoms with van der Waals surface area (Å²) in [5, 5.41) is 13.2. The highest BCUT2D eigenvalue weighted by atomic mass is 79.9. The molecule has 1 atom stereocenters. The van der Waals surface area contributed by atoms with Gasteiger partial charge in [-0.2, -0.15) is 0 Å². The molecule has 0 saturated heterocycles. The van der Waals surface area contributed by atoms with Crippen LogP contribution in [0.15, 0.2) is 53.0 Å². The molecule has 0 aliphatic rings. The maximum atomic E-state index is 9.95. The molecule has 1 unspecified atom stereocenters. The Morgan fingerprint density at radius 2 is 1.95 bits per heavy atom. The number of aryl methyl sites for hydroxylation is 1. The zero-order valence-electron chi connectivity index (χ0n) is 12.1. The number of anilines is 1. The number of hydrogen-bond acceptors (Lipinski definition) is 3. The number of benzene rings is 2. The van der Waals surface area contributed by atoms with Crippen LogP contribution in [-0.2, 0) is 11.3 Å². The maximum absolute atomic E-state index is 9.95. The fourth-order valence-corrected chi connectivity index (χ4v) is 2.34. The van der Waals surface area contributed by atoms with Crippen LogP contribution >= 0.6 is 15.9 Å². The van der Waals surface area contributed by atoms with Crippen molar-refractivity contribution in [3.8, 4) is 0 Å². The number of nitrogens with one attached hydrogen (secondary N) is 1. The quantitative estimate of drug-likeness (QED) is 0.799. The molecule has 2 rings (SSSR count). The summed E-state index contributed by atoms with van der Waals surface area (Å²) < 4.78 is 6.51. The molecule has 0 fully saturated rings. The Balaban J connectivity index is 1.72. The Morgan fingerprint density at radius 3 is 2.71 bits per heavy atom. The summed E-state index contributed by atoms with van der Waals surface area (Å²) >= 11 is 3.49. The molecule has 112 valence electrons. The molecule has 0 heterocycles. The van der Waals surface area contributed by atoms with E-state index in [9.17, 15) is 5.11 Å². The van der Waals surface area contributed by atoms with Crippen molar-refractivity contribution in [2.45, 2.75) is 19.6 Å². The first-order valence-electron chi connectivity index (χ1n) is 6.95. The number of aliphatic hydroxyl groups is 1. The molecular weight excluding hydrogens is 330 g/mol. The number of rotatable bonds is 7. The van der Waals surface area contributed by atoms with Gasteiger partial charge in [-0.15, -0.1) is 0 Å². The lowest BCUT2D eigenvalue weighted by Crippen LogP contribution is -2.25. The monoisotopic (exact) mass is 349 g/mol. The molecule has 2 aromatic rings. The second-order valence-electron chi connectivity index (χ2n) is 5.02. The molecule has 4 heteroatoms. The number of halogens is 1. The first-order chi connectivity index (χ1) is 10.1. The van der Waals surface area contributed by atoms with Crippen LogP contribution in [0.1, 0.15) is 11.1 Å². The molecule has 0 spiro atoms. The largest absolute Gasteiger partial charge is 0.389 e. The van der Waals surface area contributed by atoms with Crippen molar-refractivity contribution in [2.75, 3.05) is 18.5 Å². The molecular formula is C17H20BrNO2. The predicted octanol–water partition coefficient (Wildman–Crippen LogP) is 3.75. The topological polar surface area (TPSA) is 41.5 Å². The Hall–Kier alpha value is -1.36.